The van der Waals surface area contributed by atoms with Crippen LogP contribution in [-0.4, -0.2) is 20.8 Å². The largest absolute Gasteiger partial charge is 0.327 e. The minimum Gasteiger partial charge on any atom is -0.327 e. The van der Waals surface area contributed by atoms with Crippen LogP contribution in [0, 0.1) is 0 Å². The zero-order valence-corrected chi connectivity index (χ0v) is 10.6. The summed E-state index contributed by atoms with van der Waals surface area (Å²) in [4.78, 5) is 4.76. The van der Waals surface area contributed by atoms with Crippen LogP contribution in [0.3, 0.4) is 0 Å². The molecule has 2 saturated carbocycles. The Morgan fingerprint density at radius 1 is 1.12 bits per heavy atom. The molecular formula is C13H22N4. The highest BCUT2D eigenvalue weighted by Crippen LogP contribution is 2.39. The van der Waals surface area contributed by atoms with Crippen molar-refractivity contribution in [1.29, 1.82) is 0 Å². The Bertz CT molecular complexity index is 394. The molecule has 94 valence electrons. The summed E-state index contributed by atoms with van der Waals surface area (Å²) >= 11 is 0. The number of nitrogens with two attached hydrogens (primary N) is 1. The van der Waals surface area contributed by atoms with Gasteiger partial charge in [0.2, 0.25) is 0 Å². The molecule has 0 saturated heterocycles. The Kier molecular flexibility index (Phi) is 2.90. The van der Waals surface area contributed by atoms with Crippen molar-refractivity contribution in [3.8, 4) is 0 Å². The SMILES string of the molecule is Cn1nc(C2CC2)nc1C1CCCCCC1N. The summed E-state index contributed by atoms with van der Waals surface area (Å²) < 4.78 is 1.98. The Morgan fingerprint density at radius 3 is 2.65 bits per heavy atom. The minimum absolute atomic E-state index is 0.271. The van der Waals surface area contributed by atoms with E-state index in [0.29, 0.717) is 11.8 Å². The second kappa shape index (κ2) is 4.41. The summed E-state index contributed by atoms with van der Waals surface area (Å²) in [7, 11) is 2.02. The van der Waals surface area contributed by atoms with Crippen molar-refractivity contribution >= 4 is 0 Å². The third-order valence-corrected chi connectivity index (χ3v) is 4.16. The molecule has 0 aliphatic heterocycles. The van der Waals surface area contributed by atoms with E-state index in [1.807, 2.05) is 11.7 Å². The molecule has 2 aliphatic rings. The maximum atomic E-state index is 6.30. The molecule has 2 fully saturated rings. The summed E-state index contributed by atoms with van der Waals surface area (Å²) in [6.45, 7) is 0. The van der Waals surface area contributed by atoms with Crippen LogP contribution in [-0.2, 0) is 7.05 Å². The van der Waals surface area contributed by atoms with Gasteiger partial charge in [-0.15, -0.1) is 0 Å². The van der Waals surface area contributed by atoms with Crippen molar-refractivity contribution < 1.29 is 0 Å². The molecule has 2 atom stereocenters. The van der Waals surface area contributed by atoms with Gasteiger partial charge in [0.1, 0.15) is 5.82 Å². The van der Waals surface area contributed by atoms with Crippen LogP contribution in [0.25, 0.3) is 0 Å². The molecule has 0 aromatic carbocycles. The predicted molar refractivity (Wildman–Crippen MR) is 66.8 cm³/mol. The fourth-order valence-corrected chi connectivity index (χ4v) is 2.91. The Labute approximate surface area is 103 Å². The van der Waals surface area contributed by atoms with Crippen LogP contribution in [0.2, 0.25) is 0 Å². The standard InChI is InChI=1S/C13H22N4/c1-17-13(15-12(16-17)9-7-8-9)10-5-3-2-4-6-11(10)14/h9-11H,2-8,14H2,1H3. The highest BCUT2D eigenvalue weighted by Gasteiger charge is 2.31. The van der Waals surface area contributed by atoms with Crippen molar-refractivity contribution in [1.82, 2.24) is 14.8 Å². The van der Waals surface area contributed by atoms with Crippen LogP contribution < -0.4 is 5.73 Å². The average molecular weight is 234 g/mol. The lowest BCUT2D eigenvalue weighted by Crippen LogP contribution is -2.29. The van der Waals surface area contributed by atoms with Gasteiger partial charge in [0.25, 0.3) is 0 Å². The van der Waals surface area contributed by atoms with E-state index >= 15 is 0 Å². The third kappa shape index (κ3) is 2.23. The summed E-state index contributed by atoms with van der Waals surface area (Å²) in [6, 6.07) is 0.271. The van der Waals surface area contributed by atoms with E-state index in [2.05, 4.69) is 5.10 Å². The third-order valence-electron chi connectivity index (χ3n) is 4.16. The minimum atomic E-state index is 0.271. The van der Waals surface area contributed by atoms with Gasteiger partial charge in [-0.1, -0.05) is 19.3 Å². The van der Waals surface area contributed by atoms with Gasteiger partial charge < -0.3 is 5.73 Å². The van der Waals surface area contributed by atoms with Gasteiger partial charge in [0, 0.05) is 24.9 Å². The van der Waals surface area contributed by atoms with Gasteiger partial charge in [-0.05, 0) is 25.7 Å². The predicted octanol–water partition coefficient (Wildman–Crippen LogP) is 2.07. The lowest BCUT2D eigenvalue weighted by atomic mass is 9.95. The number of nitrogens with zero attached hydrogens (tertiary/aromatic N) is 3. The molecule has 1 aromatic rings. The quantitative estimate of drug-likeness (QED) is 0.797. The highest BCUT2D eigenvalue weighted by atomic mass is 15.3. The van der Waals surface area contributed by atoms with Crippen LogP contribution in [0.4, 0.5) is 0 Å². The average Bonchev–Trinajstić information content (AvgIpc) is 3.09. The van der Waals surface area contributed by atoms with Crippen molar-refractivity contribution in [2.24, 2.45) is 12.8 Å². The highest BCUT2D eigenvalue weighted by molar-refractivity contribution is 5.10. The Hall–Kier alpha value is -0.900. The molecule has 0 spiro atoms. The number of aryl methyl sites for hydroxylation is 1. The number of hydrogen-bond donors (Lipinski definition) is 1. The molecule has 2 N–H and O–H groups in total. The number of rotatable bonds is 2. The van der Waals surface area contributed by atoms with Gasteiger partial charge in [-0.2, -0.15) is 5.10 Å². The summed E-state index contributed by atoms with van der Waals surface area (Å²) in [6.07, 6.45) is 8.71. The summed E-state index contributed by atoms with van der Waals surface area (Å²) in [5.41, 5.74) is 6.30. The molecule has 2 aliphatic carbocycles. The first kappa shape index (κ1) is 11.2. The van der Waals surface area contributed by atoms with Crippen molar-refractivity contribution in [3.05, 3.63) is 11.6 Å². The first-order chi connectivity index (χ1) is 8.25. The maximum Gasteiger partial charge on any atom is 0.154 e. The van der Waals surface area contributed by atoms with Crippen LogP contribution >= 0.6 is 0 Å². The van der Waals surface area contributed by atoms with E-state index in [1.54, 1.807) is 0 Å². The van der Waals surface area contributed by atoms with E-state index in [9.17, 15) is 0 Å². The molecule has 4 heteroatoms. The zero-order chi connectivity index (χ0) is 11.8. The number of hydrogen-bond acceptors (Lipinski definition) is 3. The number of aromatic nitrogens is 3. The van der Waals surface area contributed by atoms with Gasteiger partial charge in [0.05, 0.1) is 0 Å². The molecular weight excluding hydrogens is 212 g/mol. The summed E-state index contributed by atoms with van der Waals surface area (Å²) in [5, 5.41) is 4.56. The van der Waals surface area contributed by atoms with Crippen molar-refractivity contribution in [2.45, 2.75) is 62.8 Å². The van der Waals surface area contributed by atoms with E-state index in [-0.39, 0.29) is 6.04 Å². The lowest BCUT2D eigenvalue weighted by molar-refractivity contribution is 0.465. The topological polar surface area (TPSA) is 56.7 Å². The maximum absolute atomic E-state index is 6.30. The van der Waals surface area contributed by atoms with E-state index < -0.39 is 0 Å². The van der Waals surface area contributed by atoms with Crippen molar-refractivity contribution in [2.75, 3.05) is 0 Å². The lowest BCUT2D eigenvalue weighted by Gasteiger charge is -2.19. The van der Waals surface area contributed by atoms with Crippen LogP contribution in [0.5, 0.6) is 0 Å². The van der Waals surface area contributed by atoms with Crippen molar-refractivity contribution in [3.63, 3.8) is 0 Å². The molecule has 0 bridgehead atoms. The normalized spacial score (nSPS) is 30.2. The zero-order valence-electron chi connectivity index (χ0n) is 10.6. The first-order valence-electron chi connectivity index (χ1n) is 6.92. The van der Waals surface area contributed by atoms with Gasteiger partial charge in [-0.25, -0.2) is 4.98 Å². The smallest absolute Gasteiger partial charge is 0.154 e. The Balaban J connectivity index is 1.85. The van der Waals surface area contributed by atoms with Crippen LogP contribution in [0.1, 0.15) is 68.4 Å². The molecule has 0 radical (unpaired) electrons. The fraction of sp³-hybridized carbons (Fsp3) is 0.846. The van der Waals surface area contributed by atoms with E-state index in [4.69, 9.17) is 10.7 Å². The molecule has 1 aromatic heterocycles. The van der Waals surface area contributed by atoms with Crippen LogP contribution in [0.15, 0.2) is 0 Å². The molecule has 2 unspecified atom stereocenters. The Morgan fingerprint density at radius 2 is 1.88 bits per heavy atom. The molecule has 17 heavy (non-hydrogen) atoms. The molecule has 0 amide bonds. The van der Waals surface area contributed by atoms with E-state index in [1.165, 1.54) is 38.5 Å². The van der Waals surface area contributed by atoms with Gasteiger partial charge >= 0.3 is 0 Å². The monoisotopic (exact) mass is 234 g/mol. The second-order valence-corrected chi connectivity index (χ2v) is 5.63. The van der Waals surface area contributed by atoms with E-state index in [0.717, 1.165) is 18.1 Å². The first-order valence-corrected chi connectivity index (χ1v) is 6.92. The molecule has 1 heterocycles. The molecule has 4 nitrogen and oxygen atoms in total. The fourth-order valence-electron chi connectivity index (χ4n) is 2.91. The van der Waals surface area contributed by atoms with Gasteiger partial charge in [-0.3, -0.25) is 4.68 Å². The second-order valence-electron chi connectivity index (χ2n) is 5.63. The van der Waals surface area contributed by atoms with Gasteiger partial charge in [0.15, 0.2) is 5.82 Å². The molecule has 3 rings (SSSR count). The summed E-state index contributed by atoms with van der Waals surface area (Å²) in [5.74, 6) is 3.24.